The maximum absolute atomic E-state index is 9.89. The van der Waals surface area contributed by atoms with Gasteiger partial charge in [-0.15, -0.1) is 0 Å². The molecule has 1 saturated heterocycles. The summed E-state index contributed by atoms with van der Waals surface area (Å²) in [5.74, 6) is 0. The van der Waals surface area contributed by atoms with Gasteiger partial charge in [-0.2, -0.15) is 0 Å². The van der Waals surface area contributed by atoms with Crippen molar-refractivity contribution in [1.29, 1.82) is 0 Å². The molecule has 0 saturated carbocycles. The zero-order valence-corrected chi connectivity index (χ0v) is 11.4. The van der Waals surface area contributed by atoms with Crippen LogP contribution in [0, 0.1) is 6.92 Å². The minimum absolute atomic E-state index is 0.000754. The van der Waals surface area contributed by atoms with E-state index >= 15 is 0 Å². The Morgan fingerprint density at radius 2 is 2.22 bits per heavy atom. The molecule has 0 radical (unpaired) electrons. The van der Waals surface area contributed by atoms with Crippen molar-refractivity contribution < 1.29 is 10.2 Å². The monoisotopic (exact) mass is 269 g/mol. The molecule has 18 heavy (non-hydrogen) atoms. The van der Waals surface area contributed by atoms with Crippen LogP contribution in [0.4, 0.5) is 0 Å². The van der Waals surface area contributed by atoms with E-state index in [1.165, 1.54) is 0 Å². The number of hydrogen-bond donors (Lipinski definition) is 2. The Morgan fingerprint density at radius 3 is 2.89 bits per heavy atom. The van der Waals surface area contributed by atoms with Gasteiger partial charge in [0.1, 0.15) is 0 Å². The van der Waals surface area contributed by atoms with Gasteiger partial charge in [0.05, 0.1) is 18.8 Å². The normalized spacial score (nSPS) is 25.3. The molecule has 4 heteroatoms. The second-order valence-electron chi connectivity index (χ2n) is 5.01. The topological polar surface area (TPSA) is 43.7 Å². The average molecular weight is 270 g/mol. The second-order valence-corrected chi connectivity index (χ2v) is 5.42. The van der Waals surface area contributed by atoms with E-state index < -0.39 is 6.10 Å². The highest BCUT2D eigenvalue weighted by Gasteiger charge is 2.29. The number of hydrogen-bond acceptors (Lipinski definition) is 3. The van der Waals surface area contributed by atoms with E-state index in [2.05, 4.69) is 11.0 Å². The average Bonchev–Trinajstić information content (AvgIpc) is 2.34. The van der Waals surface area contributed by atoms with Crippen LogP contribution < -0.4 is 0 Å². The maximum atomic E-state index is 9.89. The van der Waals surface area contributed by atoms with Crippen molar-refractivity contribution in [1.82, 2.24) is 4.90 Å². The molecular formula is C14H20ClNO2. The first-order valence-electron chi connectivity index (χ1n) is 6.40. The highest BCUT2D eigenvalue weighted by atomic mass is 35.5. The highest BCUT2D eigenvalue weighted by Crippen LogP contribution is 2.22. The number of aryl methyl sites for hydroxylation is 1. The molecule has 0 aliphatic carbocycles. The molecule has 1 aliphatic heterocycles. The molecule has 100 valence electrons. The van der Waals surface area contributed by atoms with Crippen molar-refractivity contribution in [2.45, 2.75) is 38.5 Å². The summed E-state index contributed by atoms with van der Waals surface area (Å²) in [6, 6.07) is 5.87. The van der Waals surface area contributed by atoms with Crippen molar-refractivity contribution in [2.24, 2.45) is 0 Å². The SMILES string of the molecule is Cc1ccc(CN2CCCC(O)C2CO)cc1Cl. The molecule has 0 bridgehead atoms. The van der Waals surface area contributed by atoms with E-state index in [1.54, 1.807) is 0 Å². The van der Waals surface area contributed by atoms with E-state index in [9.17, 15) is 10.2 Å². The summed E-state index contributed by atoms with van der Waals surface area (Å²) in [5.41, 5.74) is 2.19. The first kappa shape index (κ1) is 13.8. The second kappa shape index (κ2) is 6.02. The van der Waals surface area contributed by atoms with Crippen LogP contribution in [0.3, 0.4) is 0 Å². The number of halogens is 1. The van der Waals surface area contributed by atoms with E-state index in [1.807, 2.05) is 19.1 Å². The minimum atomic E-state index is -0.426. The summed E-state index contributed by atoms with van der Waals surface area (Å²) >= 11 is 6.11. The van der Waals surface area contributed by atoms with E-state index in [0.717, 1.165) is 42.1 Å². The van der Waals surface area contributed by atoms with Gasteiger partial charge in [0.2, 0.25) is 0 Å². The number of aliphatic hydroxyl groups is 2. The standard InChI is InChI=1S/C14H20ClNO2/c1-10-4-5-11(7-12(10)15)8-16-6-2-3-14(18)13(16)9-17/h4-5,7,13-14,17-18H,2-3,6,8-9H2,1H3. The zero-order valence-electron chi connectivity index (χ0n) is 10.6. The Labute approximate surface area is 113 Å². The summed E-state index contributed by atoms with van der Waals surface area (Å²) in [4.78, 5) is 2.13. The van der Waals surface area contributed by atoms with E-state index in [0.29, 0.717) is 0 Å². The first-order valence-corrected chi connectivity index (χ1v) is 6.77. The van der Waals surface area contributed by atoms with Gasteiger partial charge >= 0.3 is 0 Å². The predicted molar refractivity (Wildman–Crippen MR) is 72.7 cm³/mol. The molecule has 0 aromatic heterocycles. The van der Waals surface area contributed by atoms with Crippen molar-refractivity contribution in [3.63, 3.8) is 0 Å². The number of piperidine rings is 1. The third-order valence-electron chi connectivity index (χ3n) is 3.67. The molecule has 0 amide bonds. The fourth-order valence-electron chi connectivity index (χ4n) is 2.51. The lowest BCUT2D eigenvalue weighted by molar-refractivity contribution is -0.0197. The molecule has 2 unspecified atom stereocenters. The number of aliphatic hydroxyl groups excluding tert-OH is 2. The van der Waals surface area contributed by atoms with Gasteiger partial charge in [-0.25, -0.2) is 0 Å². The van der Waals surface area contributed by atoms with Crippen molar-refractivity contribution in [3.8, 4) is 0 Å². The molecular weight excluding hydrogens is 250 g/mol. The van der Waals surface area contributed by atoms with Crippen LogP contribution in [0.5, 0.6) is 0 Å². The van der Waals surface area contributed by atoms with Gasteiger partial charge in [-0.1, -0.05) is 23.7 Å². The van der Waals surface area contributed by atoms with Gasteiger partial charge in [0.25, 0.3) is 0 Å². The summed E-state index contributed by atoms with van der Waals surface area (Å²) in [6.45, 7) is 3.62. The fraction of sp³-hybridized carbons (Fsp3) is 0.571. The molecule has 1 heterocycles. The van der Waals surface area contributed by atoms with Gasteiger partial charge in [-0.05, 0) is 43.5 Å². The third-order valence-corrected chi connectivity index (χ3v) is 4.07. The predicted octanol–water partition coefficient (Wildman–Crippen LogP) is 1.97. The summed E-state index contributed by atoms with van der Waals surface area (Å²) < 4.78 is 0. The molecule has 2 atom stereocenters. The fourth-order valence-corrected chi connectivity index (χ4v) is 2.71. The third kappa shape index (κ3) is 3.04. The Bertz CT molecular complexity index is 411. The lowest BCUT2D eigenvalue weighted by Gasteiger charge is -2.38. The van der Waals surface area contributed by atoms with Crippen LogP contribution in [0.15, 0.2) is 18.2 Å². The van der Waals surface area contributed by atoms with Crippen molar-refractivity contribution in [3.05, 3.63) is 34.3 Å². The smallest absolute Gasteiger partial charge is 0.0718 e. The summed E-state index contributed by atoms with van der Waals surface area (Å²) in [5, 5.41) is 20.0. The van der Waals surface area contributed by atoms with Crippen molar-refractivity contribution >= 4 is 11.6 Å². The Hall–Kier alpha value is -0.610. The molecule has 0 spiro atoms. The first-order chi connectivity index (χ1) is 8.61. The number of nitrogens with zero attached hydrogens (tertiary/aromatic N) is 1. The molecule has 1 aromatic rings. The van der Waals surface area contributed by atoms with E-state index in [-0.39, 0.29) is 12.6 Å². The highest BCUT2D eigenvalue weighted by molar-refractivity contribution is 6.31. The van der Waals surface area contributed by atoms with Crippen LogP contribution >= 0.6 is 11.6 Å². The van der Waals surface area contributed by atoms with Gasteiger partial charge in [-0.3, -0.25) is 4.90 Å². The quantitative estimate of drug-likeness (QED) is 0.882. The van der Waals surface area contributed by atoms with Crippen LogP contribution in [0.25, 0.3) is 0 Å². The Balaban J connectivity index is 2.09. The van der Waals surface area contributed by atoms with Crippen LogP contribution in [0.2, 0.25) is 5.02 Å². The van der Waals surface area contributed by atoms with Crippen LogP contribution in [0.1, 0.15) is 24.0 Å². The minimum Gasteiger partial charge on any atom is -0.395 e. The van der Waals surface area contributed by atoms with Crippen LogP contribution in [-0.2, 0) is 6.54 Å². The molecule has 2 N–H and O–H groups in total. The molecule has 2 rings (SSSR count). The molecule has 1 aromatic carbocycles. The number of benzene rings is 1. The van der Waals surface area contributed by atoms with Gasteiger partial charge in [0.15, 0.2) is 0 Å². The number of likely N-dealkylation sites (tertiary alicyclic amines) is 1. The largest absolute Gasteiger partial charge is 0.395 e. The lowest BCUT2D eigenvalue weighted by atomic mass is 9.98. The molecule has 1 aliphatic rings. The lowest BCUT2D eigenvalue weighted by Crippen LogP contribution is -2.49. The van der Waals surface area contributed by atoms with Gasteiger partial charge < -0.3 is 10.2 Å². The van der Waals surface area contributed by atoms with Crippen molar-refractivity contribution in [2.75, 3.05) is 13.2 Å². The zero-order chi connectivity index (χ0) is 13.1. The maximum Gasteiger partial charge on any atom is 0.0718 e. The number of rotatable bonds is 3. The Kier molecular flexibility index (Phi) is 4.62. The van der Waals surface area contributed by atoms with Gasteiger partial charge in [0, 0.05) is 11.6 Å². The summed E-state index contributed by atoms with van der Waals surface area (Å²) in [7, 11) is 0. The summed E-state index contributed by atoms with van der Waals surface area (Å²) in [6.07, 6.45) is 1.32. The Morgan fingerprint density at radius 1 is 1.44 bits per heavy atom. The molecule has 1 fully saturated rings. The molecule has 3 nitrogen and oxygen atoms in total. The van der Waals surface area contributed by atoms with Crippen LogP contribution in [-0.4, -0.2) is 40.4 Å². The van der Waals surface area contributed by atoms with E-state index in [4.69, 9.17) is 11.6 Å².